The second kappa shape index (κ2) is 8.13. The van der Waals surface area contributed by atoms with Crippen molar-refractivity contribution in [2.45, 2.75) is 25.5 Å². The molecule has 2 heterocycles. The van der Waals surface area contributed by atoms with Gasteiger partial charge in [-0.05, 0) is 48.4 Å². The van der Waals surface area contributed by atoms with E-state index in [1.165, 1.54) is 12.0 Å². The molecule has 6 nitrogen and oxygen atoms in total. The minimum absolute atomic E-state index is 0.0605. The highest BCUT2D eigenvalue weighted by atomic mass is 35.5. The van der Waals surface area contributed by atoms with Gasteiger partial charge in [-0.2, -0.15) is 0 Å². The molecule has 2 unspecified atom stereocenters. The van der Waals surface area contributed by atoms with E-state index in [9.17, 15) is 14.7 Å². The van der Waals surface area contributed by atoms with E-state index >= 15 is 0 Å². The Hall–Kier alpha value is -2.83. The number of amides is 1. The van der Waals surface area contributed by atoms with Gasteiger partial charge in [-0.25, -0.2) is 0 Å². The molecule has 7 heteroatoms. The van der Waals surface area contributed by atoms with Gasteiger partial charge in [0.05, 0.1) is 18.2 Å². The van der Waals surface area contributed by atoms with E-state index in [1.54, 1.807) is 36.4 Å². The Balaban J connectivity index is 1.82. The number of rotatable bonds is 5. The van der Waals surface area contributed by atoms with Crippen LogP contribution in [-0.2, 0) is 20.7 Å². The number of Topliss-reactive ketones (excluding diaryl/α,β-unsaturated/α-hetero) is 1. The summed E-state index contributed by atoms with van der Waals surface area (Å²) < 4.78 is 10.8. The van der Waals surface area contributed by atoms with Gasteiger partial charge >= 0.3 is 0 Å². The highest BCUT2D eigenvalue weighted by Crippen LogP contribution is 2.40. The van der Waals surface area contributed by atoms with Gasteiger partial charge in [-0.3, -0.25) is 9.59 Å². The molecule has 0 aromatic heterocycles. The van der Waals surface area contributed by atoms with E-state index in [4.69, 9.17) is 21.1 Å². The summed E-state index contributed by atoms with van der Waals surface area (Å²) in [6.45, 7) is 2.47. The monoisotopic (exact) mass is 427 g/mol. The summed E-state index contributed by atoms with van der Waals surface area (Å²) in [5.74, 6) is -0.801. The van der Waals surface area contributed by atoms with Gasteiger partial charge in [0, 0.05) is 30.7 Å². The minimum Gasteiger partial charge on any atom is -0.507 e. The molecule has 4 rings (SSSR count). The van der Waals surface area contributed by atoms with Crippen LogP contribution in [0.15, 0.2) is 48.0 Å². The SMILES string of the molecule is COCCN1C(=O)C(=O)C(=C(O)c2ccc3c(c2)CC(C)O3)C1c1ccc(Cl)cc1. The Morgan fingerprint density at radius 3 is 2.67 bits per heavy atom. The number of hydrogen-bond acceptors (Lipinski definition) is 5. The first-order valence-electron chi connectivity index (χ1n) is 9.73. The largest absolute Gasteiger partial charge is 0.507 e. The van der Waals surface area contributed by atoms with Gasteiger partial charge in [0.2, 0.25) is 0 Å². The summed E-state index contributed by atoms with van der Waals surface area (Å²) in [5, 5.41) is 11.7. The van der Waals surface area contributed by atoms with Crippen LogP contribution in [0.25, 0.3) is 5.76 Å². The highest BCUT2D eigenvalue weighted by molar-refractivity contribution is 6.46. The molecule has 2 aromatic carbocycles. The maximum atomic E-state index is 12.9. The van der Waals surface area contributed by atoms with Crippen LogP contribution in [-0.4, -0.2) is 48.1 Å². The van der Waals surface area contributed by atoms with Gasteiger partial charge < -0.3 is 19.5 Å². The van der Waals surface area contributed by atoms with Crippen molar-refractivity contribution in [3.63, 3.8) is 0 Å². The smallest absolute Gasteiger partial charge is 0.295 e. The van der Waals surface area contributed by atoms with Crippen LogP contribution in [0.4, 0.5) is 0 Å². The fourth-order valence-corrected chi connectivity index (χ4v) is 4.14. The Labute approximate surface area is 179 Å². The number of nitrogens with zero attached hydrogens (tertiary/aromatic N) is 1. The van der Waals surface area contributed by atoms with Gasteiger partial charge in [0.1, 0.15) is 17.6 Å². The van der Waals surface area contributed by atoms with E-state index < -0.39 is 17.7 Å². The van der Waals surface area contributed by atoms with Gasteiger partial charge in [-0.1, -0.05) is 23.7 Å². The molecule has 2 atom stereocenters. The molecule has 2 aromatic rings. The van der Waals surface area contributed by atoms with Crippen LogP contribution < -0.4 is 4.74 Å². The van der Waals surface area contributed by atoms with Crippen LogP contribution in [0.5, 0.6) is 5.75 Å². The van der Waals surface area contributed by atoms with Crippen LogP contribution in [0, 0.1) is 0 Å². The van der Waals surface area contributed by atoms with Crippen molar-refractivity contribution in [2.24, 2.45) is 0 Å². The summed E-state index contributed by atoms with van der Waals surface area (Å²) in [7, 11) is 1.53. The molecule has 0 radical (unpaired) electrons. The van der Waals surface area contributed by atoms with Crippen molar-refractivity contribution in [3.05, 3.63) is 69.8 Å². The highest BCUT2D eigenvalue weighted by Gasteiger charge is 2.45. The third-order valence-corrected chi connectivity index (χ3v) is 5.68. The first-order valence-corrected chi connectivity index (χ1v) is 10.1. The number of benzene rings is 2. The van der Waals surface area contributed by atoms with Crippen LogP contribution >= 0.6 is 11.6 Å². The average molecular weight is 428 g/mol. The summed E-state index contributed by atoms with van der Waals surface area (Å²) in [6, 6.07) is 11.5. The topological polar surface area (TPSA) is 76.1 Å². The number of carbonyl (C=O) groups excluding carboxylic acids is 2. The fourth-order valence-electron chi connectivity index (χ4n) is 4.02. The molecule has 0 spiro atoms. The fraction of sp³-hybridized carbons (Fsp3) is 0.304. The molecule has 0 aliphatic carbocycles. The van der Waals surface area contributed by atoms with Crippen molar-refractivity contribution in [2.75, 3.05) is 20.3 Å². The zero-order valence-corrected chi connectivity index (χ0v) is 17.5. The predicted molar refractivity (Wildman–Crippen MR) is 113 cm³/mol. The summed E-state index contributed by atoms with van der Waals surface area (Å²) in [6.07, 6.45) is 0.783. The third kappa shape index (κ3) is 3.57. The molecule has 1 N–H and O–H groups in total. The standard InChI is InChI=1S/C23H22ClNO5/c1-13-11-16-12-15(5-8-18(16)30-13)21(26)19-20(14-3-6-17(24)7-4-14)25(9-10-29-2)23(28)22(19)27/h3-8,12-13,20,26H,9-11H2,1-2H3. The average Bonchev–Trinajstić information content (AvgIpc) is 3.22. The summed E-state index contributed by atoms with van der Waals surface area (Å²) >= 11 is 6.02. The maximum Gasteiger partial charge on any atom is 0.295 e. The van der Waals surface area contributed by atoms with E-state index in [-0.39, 0.29) is 30.6 Å². The Kier molecular flexibility index (Phi) is 5.54. The lowest BCUT2D eigenvalue weighted by molar-refractivity contribution is -0.140. The number of likely N-dealkylation sites (tertiary alicyclic amines) is 1. The lowest BCUT2D eigenvalue weighted by atomic mass is 9.94. The number of aliphatic hydroxyl groups excluding tert-OH is 1. The second-order valence-electron chi connectivity index (χ2n) is 7.49. The first-order chi connectivity index (χ1) is 14.4. The van der Waals surface area contributed by atoms with E-state index in [2.05, 4.69) is 0 Å². The van der Waals surface area contributed by atoms with Crippen LogP contribution in [0.1, 0.15) is 29.7 Å². The normalized spacial score (nSPS) is 22.3. The maximum absolute atomic E-state index is 12.9. The number of fused-ring (bicyclic) bond motifs is 1. The molecule has 156 valence electrons. The lowest BCUT2D eigenvalue weighted by Crippen LogP contribution is -2.32. The summed E-state index contributed by atoms with van der Waals surface area (Å²) in [4.78, 5) is 27.1. The minimum atomic E-state index is -0.721. The quantitative estimate of drug-likeness (QED) is 0.447. The van der Waals surface area contributed by atoms with Crippen molar-refractivity contribution >= 4 is 29.1 Å². The number of hydrogen-bond donors (Lipinski definition) is 1. The Bertz CT molecular complexity index is 1030. The molecular weight excluding hydrogens is 406 g/mol. The van der Waals surface area contributed by atoms with Crippen molar-refractivity contribution < 1.29 is 24.2 Å². The van der Waals surface area contributed by atoms with E-state index in [1.807, 2.05) is 13.0 Å². The van der Waals surface area contributed by atoms with Gasteiger partial charge in [0.15, 0.2) is 0 Å². The van der Waals surface area contributed by atoms with Crippen molar-refractivity contribution in [1.29, 1.82) is 0 Å². The molecule has 1 fully saturated rings. The first kappa shape index (κ1) is 20.4. The molecule has 0 bridgehead atoms. The number of halogens is 1. The molecule has 1 amide bonds. The summed E-state index contributed by atoms with van der Waals surface area (Å²) in [5.41, 5.74) is 2.19. The number of ketones is 1. The third-order valence-electron chi connectivity index (χ3n) is 5.43. The molecule has 2 aliphatic heterocycles. The van der Waals surface area contributed by atoms with Gasteiger partial charge in [0.25, 0.3) is 11.7 Å². The van der Waals surface area contributed by atoms with E-state index in [0.29, 0.717) is 16.1 Å². The molecule has 1 saturated heterocycles. The van der Waals surface area contributed by atoms with E-state index in [0.717, 1.165) is 17.7 Å². The molecule has 30 heavy (non-hydrogen) atoms. The zero-order chi connectivity index (χ0) is 21.4. The van der Waals surface area contributed by atoms with Gasteiger partial charge in [-0.15, -0.1) is 0 Å². The van der Waals surface area contributed by atoms with Crippen molar-refractivity contribution in [3.8, 4) is 5.75 Å². The zero-order valence-electron chi connectivity index (χ0n) is 16.7. The van der Waals surface area contributed by atoms with Crippen LogP contribution in [0.3, 0.4) is 0 Å². The van der Waals surface area contributed by atoms with Crippen LogP contribution in [0.2, 0.25) is 5.02 Å². The molecule has 0 saturated carbocycles. The molecule has 2 aliphatic rings. The predicted octanol–water partition coefficient (Wildman–Crippen LogP) is 3.73. The molecular formula is C23H22ClNO5. The van der Waals surface area contributed by atoms with Crippen molar-refractivity contribution in [1.82, 2.24) is 4.90 Å². The Morgan fingerprint density at radius 2 is 1.97 bits per heavy atom. The Morgan fingerprint density at radius 1 is 1.23 bits per heavy atom. The number of methoxy groups -OCH3 is 1. The number of ether oxygens (including phenoxy) is 2. The lowest BCUT2D eigenvalue weighted by Gasteiger charge is -2.25. The number of carbonyl (C=O) groups is 2. The second-order valence-corrected chi connectivity index (χ2v) is 7.93. The number of aliphatic hydroxyl groups is 1.